The molecule has 1 saturated heterocycles. The summed E-state index contributed by atoms with van der Waals surface area (Å²) >= 11 is 0. The molecule has 0 aromatic carbocycles. The van der Waals surface area contributed by atoms with Crippen molar-refractivity contribution in [2.24, 2.45) is 5.92 Å². The third-order valence-electron chi connectivity index (χ3n) is 3.50. The van der Waals surface area contributed by atoms with Crippen LogP contribution in [0.4, 0.5) is 5.95 Å². The number of carboxylic acid groups (broad SMARTS) is 1. The van der Waals surface area contributed by atoms with Gasteiger partial charge in [0.25, 0.3) is 0 Å². The zero-order valence-corrected chi connectivity index (χ0v) is 10.9. The standard InChI is InChI=1S/C13H19N3O2/c1-9-4-3-6-16(7-5-9)13-14-8-11(12(17)18)10(2)15-13/h8-9H,3-7H2,1-2H3,(H,17,18). The van der Waals surface area contributed by atoms with Gasteiger partial charge >= 0.3 is 5.97 Å². The molecule has 5 heteroatoms. The van der Waals surface area contributed by atoms with E-state index in [2.05, 4.69) is 21.8 Å². The molecule has 98 valence electrons. The van der Waals surface area contributed by atoms with Crippen molar-refractivity contribution in [3.8, 4) is 0 Å². The van der Waals surface area contributed by atoms with E-state index in [4.69, 9.17) is 5.11 Å². The molecule has 5 nitrogen and oxygen atoms in total. The summed E-state index contributed by atoms with van der Waals surface area (Å²) in [7, 11) is 0. The Morgan fingerprint density at radius 3 is 2.89 bits per heavy atom. The maximum absolute atomic E-state index is 10.9. The van der Waals surface area contributed by atoms with Crippen molar-refractivity contribution in [1.29, 1.82) is 0 Å². The summed E-state index contributed by atoms with van der Waals surface area (Å²) in [5, 5.41) is 8.95. The van der Waals surface area contributed by atoms with Crippen molar-refractivity contribution < 1.29 is 9.90 Å². The summed E-state index contributed by atoms with van der Waals surface area (Å²) in [5.41, 5.74) is 0.715. The van der Waals surface area contributed by atoms with Crippen molar-refractivity contribution in [2.45, 2.75) is 33.1 Å². The average Bonchev–Trinajstić information content (AvgIpc) is 2.53. The highest BCUT2D eigenvalue weighted by molar-refractivity contribution is 5.88. The molecule has 1 aliphatic rings. The van der Waals surface area contributed by atoms with Crippen LogP contribution in [0.1, 0.15) is 42.2 Å². The summed E-state index contributed by atoms with van der Waals surface area (Å²) in [6.07, 6.45) is 4.93. The van der Waals surface area contributed by atoms with E-state index in [-0.39, 0.29) is 5.56 Å². The molecular weight excluding hydrogens is 230 g/mol. The van der Waals surface area contributed by atoms with E-state index in [1.807, 2.05) is 0 Å². The Bertz CT molecular complexity index is 448. The molecule has 0 aliphatic carbocycles. The van der Waals surface area contributed by atoms with Crippen LogP contribution in [0.25, 0.3) is 0 Å². The van der Waals surface area contributed by atoms with Gasteiger partial charge in [0.15, 0.2) is 0 Å². The van der Waals surface area contributed by atoms with E-state index < -0.39 is 5.97 Å². The minimum atomic E-state index is -0.969. The number of hydrogen-bond acceptors (Lipinski definition) is 4. The first kappa shape index (κ1) is 12.8. The van der Waals surface area contributed by atoms with Crippen molar-refractivity contribution >= 4 is 11.9 Å². The molecule has 1 fully saturated rings. The van der Waals surface area contributed by atoms with Gasteiger partial charge in [-0.15, -0.1) is 0 Å². The lowest BCUT2D eigenvalue weighted by atomic mass is 10.0. The summed E-state index contributed by atoms with van der Waals surface area (Å²) in [5.74, 6) is 0.435. The largest absolute Gasteiger partial charge is 0.478 e. The number of rotatable bonds is 2. The van der Waals surface area contributed by atoms with Gasteiger partial charge in [-0.25, -0.2) is 14.8 Å². The monoisotopic (exact) mass is 249 g/mol. The molecule has 1 unspecified atom stereocenters. The van der Waals surface area contributed by atoms with Crippen LogP contribution in [-0.2, 0) is 0 Å². The van der Waals surface area contributed by atoms with Gasteiger partial charge < -0.3 is 10.0 Å². The predicted molar refractivity (Wildman–Crippen MR) is 69.0 cm³/mol. The van der Waals surface area contributed by atoms with Gasteiger partial charge in [0.2, 0.25) is 5.95 Å². The number of aromatic carboxylic acids is 1. The summed E-state index contributed by atoms with van der Waals surface area (Å²) in [6.45, 7) is 5.89. The molecule has 18 heavy (non-hydrogen) atoms. The molecule has 1 atom stereocenters. The zero-order valence-electron chi connectivity index (χ0n) is 10.9. The molecule has 1 aromatic heterocycles. The SMILES string of the molecule is Cc1nc(N2CCCC(C)CC2)ncc1C(=O)O. The molecule has 0 amide bonds. The van der Waals surface area contributed by atoms with Crippen LogP contribution in [0.2, 0.25) is 0 Å². The fraction of sp³-hybridized carbons (Fsp3) is 0.615. The van der Waals surface area contributed by atoms with Gasteiger partial charge in [-0.1, -0.05) is 6.92 Å². The van der Waals surface area contributed by atoms with Gasteiger partial charge in [0.1, 0.15) is 0 Å². The highest BCUT2D eigenvalue weighted by Gasteiger charge is 2.17. The fourth-order valence-electron chi connectivity index (χ4n) is 2.28. The Morgan fingerprint density at radius 1 is 1.44 bits per heavy atom. The van der Waals surface area contributed by atoms with Crippen molar-refractivity contribution in [3.05, 3.63) is 17.5 Å². The maximum Gasteiger partial charge on any atom is 0.339 e. The number of nitrogens with zero attached hydrogens (tertiary/aromatic N) is 3. The Kier molecular flexibility index (Phi) is 3.79. The average molecular weight is 249 g/mol. The van der Waals surface area contributed by atoms with E-state index in [0.29, 0.717) is 11.6 Å². The molecule has 2 heterocycles. The summed E-state index contributed by atoms with van der Waals surface area (Å²) in [4.78, 5) is 21.6. The first-order chi connectivity index (χ1) is 8.58. The van der Waals surface area contributed by atoms with E-state index in [0.717, 1.165) is 31.8 Å². The molecular formula is C13H19N3O2. The number of anilines is 1. The van der Waals surface area contributed by atoms with Crippen LogP contribution >= 0.6 is 0 Å². The van der Waals surface area contributed by atoms with Crippen LogP contribution < -0.4 is 4.90 Å². The quantitative estimate of drug-likeness (QED) is 0.869. The molecule has 0 radical (unpaired) electrons. The van der Waals surface area contributed by atoms with Gasteiger partial charge in [-0.3, -0.25) is 0 Å². The van der Waals surface area contributed by atoms with Gasteiger partial charge in [0.05, 0.1) is 11.3 Å². The second-order valence-electron chi connectivity index (χ2n) is 5.00. The van der Waals surface area contributed by atoms with Crippen molar-refractivity contribution in [3.63, 3.8) is 0 Å². The topological polar surface area (TPSA) is 66.3 Å². The Labute approximate surface area is 107 Å². The van der Waals surface area contributed by atoms with Crippen LogP contribution in [0.3, 0.4) is 0 Å². The number of aryl methyl sites for hydroxylation is 1. The van der Waals surface area contributed by atoms with Crippen LogP contribution in [0.15, 0.2) is 6.20 Å². The van der Waals surface area contributed by atoms with Crippen molar-refractivity contribution in [1.82, 2.24) is 9.97 Å². The second-order valence-corrected chi connectivity index (χ2v) is 5.00. The zero-order chi connectivity index (χ0) is 13.1. The smallest absolute Gasteiger partial charge is 0.339 e. The first-order valence-electron chi connectivity index (χ1n) is 6.40. The lowest BCUT2D eigenvalue weighted by Gasteiger charge is -2.20. The molecule has 1 aliphatic heterocycles. The fourth-order valence-corrected chi connectivity index (χ4v) is 2.28. The number of hydrogen-bond donors (Lipinski definition) is 1. The molecule has 0 bridgehead atoms. The highest BCUT2D eigenvalue weighted by atomic mass is 16.4. The molecule has 2 rings (SSSR count). The van der Waals surface area contributed by atoms with Crippen LogP contribution in [0, 0.1) is 12.8 Å². The molecule has 0 spiro atoms. The van der Waals surface area contributed by atoms with Gasteiger partial charge in [-0.05, 0) is 32.1 Å². The third kappa shape index (κ3) is 2.78. The third-order valence-corrected chi connectivity index (χ3v) is 3.50. The first-order valence-corrected chi connectivity index (χ1v) is 6.40. The highest BCUT2D eigenvalue weighted by Crippen LogP contribution is 2.20. The summed E-state index contributed by atoms with van der Waals surface area (Å²) in [6, 6.07) is 0. The normalized spacial score (nSPS) is 20.6. The number of carbonyl (C=O) groups is 1. The Hall–Kier alpha value is -1.65. The Balaban J connectivity index is 2.18. The molecule has 1 N–H and O–H groups in total. The summed E-state index contributed by atoms with van der Waals surface area (Å²) < 4.78 is 0. The van der Waals surface area contributed by atoms with E-state index in [1.165, 1.54) is 12.6 Å². The van der Waals surface area contributed by atoms with Crippen LogP contribution in [0.5, 0.6) is 0 Å². The van der Waals surface area contributed by atoms with E-state index >= 15 is 0 Å². The minimum absolute atomic E-state index is 0.182. The van der Waals surface area contributed by atoms with E-state index in [9.17, 15) is 4.79 Å². The molecule has 0 saturated carbocycles. The number of aromatic nitrogens is 2. The molecule has 1 aromatic rings. The van der Waals surface area contributed by atoms with Crippen molar-refractivity contribution in [2.75, 3.05) is 18.0 Å². The van der Waals surface area contributed by atoms with Gasteiger partial charge in [0, 0.05) is 19.3 Å². The van der Waals surface area contributed by atoms with Gasteiger partial charge in [-0.2, -0.15) is 0 Å². The maximum atomic E-state index is 10.9. The lowest BCUT2D eigenvalue weighted by molar-refractivity contribution is 0.0695. The number of carboxylic acids is 1. The lowest BCUT2D eigenvalue weighted by Crippen LogP contribution is -2.26. The van der Waals surface area contributed by atoms with E-state index in [1.54, 1.807) is 6.92 Å². The second kappa shape index (κ2) is 5.33. The predicted octanol–water partition coefficient (Wildman–Crippen LogP) is 2.11. The Morgan fingerprint density at radius 2 is 2.22 bits per heavy atom. The van der Waals surface area contributed by atoms with Crippen LogP contribution in [-0.4, -0.2) is 34.1 Å². The minimum Gasteiger partial charge on any atom is -0.478 e.